The first-order valence-electron chi connectivity index (χ1n) is 10.7. The average Bonchev–Trinajstić information content (AvgIpc) is 2.63. The Balaban J connectivity index is 0.00000625. The van der Waals surface area contributed by atoms with Gasteiger partial charge in [0.25, 0.3) is 0 Å². The number of likely N-dealkylation sites (N-methyl/N-ethyl adjacent to an activating group) is 1. The molecule has 1 rings (SSSR count). The number of carbonyl (C=O) groups excluding carboxylic acids is 1. The molecule has 5 heteroatoms. The SMILES string of the molecule is CCCCCC(O)C(C(=O)OCC[N+](C)(CC)CC)C1CCCCC1.[Br-]. The van der Waals surface area contributed by atoms with E-state index < -0.39 is 6.10 Å². The lowest BCUT2D eigenvalue weighted by Gasteiger charge is -2.34. The van der Waals surface area contributed by atoms with Gasteiger partial charge in [-0.3, -0.25) is 4.79 Å². The van der Waals surface area contributed by atoms with Gasteiger partial charge in [0.2, 0.25) is 0 Å². The van der Waals surface area contributed by atoms with Crippen molar-refractivity contribution in [1.29, 1.82) is 0 Å². The van der Waals surface area contributed by atoms with Gasteiger partial charge >= 0.3 is 5.97 Å². The number of nitrogens with zero attached hydrogens (tertiary/aromatic N) is 1. The number of halogens is 1. The monoisotopic (exact) mass is 435 g/mol. The fourth-order valence-corrected chi connectivity index (χ4v) is 3.94. The van der Waals surface area contributed by atoms with Crippen molar-refractivity contribution in [3.05, 3.63) is 0 Å². The third-order valence-electron chi connectivity index (χ3n) is 6.35. The van der Waals surface area contributed by atoms with Crippen molar-refractivity contribution >= 4 is 5.97 Å². The summed E-state index contributed by atoms with van der Waals surface area (Å²) in [4.78, 5) is 12.8. The third kappa shape index (κ3) is 8.71. The van der Waals surface area contributed by atoms with Gasteiger partial charge in [0.15, 0.2) is 0 Å². The summed E-state index contributed by atoms with van der Waals surface area (Å²) in [5.74, 6) is -0.176. The minimum atomic E-state index is -0.541. The second-order valence-electron chi connectivity index (χ2n) is 8.13. The van der Waals surface area contributed by atoms with Gasteiger partial charge in [-0.05, 0) is 39.0 Å². The zero-order valence-corrected chi connectivity index (χ0v) is 19.1. The first-order chi connectivity index (χ1) is 12.0. The molecule has 26 heavy (non-hydrogen) atoms. The molecule has 0 aromatic heterocycles. The number of hydrogen-bond donors (Lipinski definition) is 1. The molecule has 0 bridgehead atoms. The van der Waals surface area contributed by atoms with E-state index in [1.165, 1.54) is 19.3 Å². The molecule has 1 saturated carbocycles. The number of aliphatic hydroxyl groups excluding tert-OH is 1. The summed E-state index contributed by atoms with van der Waals surface area (Å²) in [5.41, 5.74) is 0. The van der Waals surface area contributed by atoms with E-state index in [0.29, 0.717) is 12.5 Å². The van der Waals surface area contributed by atoms with Gasteiger partial charge < -0.3 is 31.3 Å². The van der Waals surface area contributed by atoms with Crippen LogP contribution in [-0.2, 0) is 9.53 Å². The van der Waals surface area contributed by atoms with Crippen LogP contribution in [0.2, 0.25) is 0 Å². The minimum Gasteiger partial charge on any atom is -1.00 e. The predicted molar refractivity (Wildman–Crippen MR) is 103 cm³/mol. The van der Waals surface area contributed by atoms with Crippen molar-refractivity contribution in [3.8, 4) is 0 Å². The Morgan fingerprint density at radius 1 is 1.12 bits per heavy atom. The van der Waals surface area contributed by atoms with Crippen molar-refractivity contribution in [1.82, 2.24) is 0 Å². The number of hydrogen-bond acceptors (Lipinski definition) is 3. The fraction of sp³-hybridized carbons (Fsp3) is 0.952. The number of carbonyl (C=O) groups is 1. The largest absolute Gasteiger partial charge is 1.00 e. The van der Waals surface area contributed by atoms with Crippen LogP contribution >= 0.6 is 0 Å². The highest BCUT2D eigenvalue weighted by molar-refractivity contribution is 5.73. The molecule has 0 amide bonds. The summed E-state index contributed by atoms with van der Waals surface area (Å²) in [6.45, 7) is 9.90. The van der Waals surface area contributed by atoms with Crippen LogP contribution in [0.4, 0.5) is 0 Å². The van der Waals surface area contributed by atoms with Crippen molar-refractivity contribution in [2.75, 3.05) is 33.3 Å². The van der Waals surface area contributed by atoms with Gasteiger partial charge in [0.05, 0.1) is 32.2 Å². The smallest absolute Gasteiger partial charge is 0.312 e. The number of quaternary nitrogens is 1. The van der Waals surface area contributed by atoms with Gasteiger partial charge in [0.1, 0.15) is 13.2 Å². The summed E-state index contributed by atoms with van der Waals surface area (Å²) in [6.07, 6.45) is 9.16. The van der Waals surface area contributed by atoms with Crippen molar-refractivity contribution < 1.29 is 36.1 Å². The van der Waals surface area contributed by atoms with E-state index in [1.807, 2.05) is 0 Å². The van der Waals surface area contributed by atoms with Crippen molar-refractivity contribution in [2.24, 2.45) is 11.8 Å². The molecule has 4 nitrogen and oxygen atoms in total. The molecule has 156 valence electrons. The Morgan fingerprint density at radius 3 is 2.27 bits per heavy atom. The quantitative estimate of drug-likeness (QED) is 0.284. The van der Waals surface area contributed by atoms with Crippen LogP contribution in [-0.4, -0.2) is 55.0 Å². The molecule has 0 spiro atoms. The fourth-order valence-electron chi connectivity index (χ4n) is 3.94. The highest BCUT2D eigenvalue weighted by atomic mass is 79.9. The molecule has 1 fully saturated rings. The molecule has 0 aromatic carbocycles. The maximum absolute atomic E-state index is 12.8. The molecule has 0 heterocycles. The van der Waals surface area contributed by atoms with Gasteiger partial charge in [-0.25, -0.2) is 0 Å². The lowest BCUT2D eigenvalue weighted by molar-refractivity contribution is -0.906. The Hall–Kier alpha value is -0.130. The molecule has 2 unspecified atom stereocenters. The van der Waals surface area contributed by atoms with Crippen LogP contribution in [0.3, 0.4) is 0 Å². The second kappa shape index (κ2) is 14.0. The maximum atomic E-state index is 12.8. The molecule has 2 atom stereocenters. The molecule has 0 radical (unpaired) electrons. The first kappa shape index (κ1) is 25.9. The summed E-state index contributed by atoms with van der Waals surface area (Å²) in [5, 5.41) is 10.7. The maximum Gasteiger partial charge on any atom is 0.312 e. The molecule has 1 aliphatic carbocycles. The van der Waals surface area contributed by atoms with E-state index in [-0.39, 0.29) is 28.9 Å². The van der Waals surface area contributed by atoms with Crippen molar-refractivity contribution in [3.63, 3.8) is 0 Å². The minimum absolute atomic E-state index is 0. The predicted octanol–water partition coefficient (Wildman–Crippen LogP) is 1.16. The first-order valence-corrected chi connectivity index (χ1v) is 10.7. The lowest BCUT2D eigenvalue weighted by Crippen LogP contribution is -3.00. The normalized spacial score (nSPS) is 18.0. The van der Waals surface area contributed by atoms with Crippen LogP contribution in [0.25, 0.3) is 0 Å². The summed E-state index contributed by atoms with van der Waals surface area (Å²) < 4.78 is 6.59. The lowest BCUT2D eigenvalue weighted by atomic mass is 9.76. The molecule has 1 N–H and O–H groups in total. The Morgan fingerprint density at radius 2 is 1.73 bits per heavy atom. The van der Waals surface area contributed by atoms with Gasteiger partial charge in [0, 0.05) is 0 Å². The molecular formula is C21H42BrNO3. The molecular weight excluding hydrogens is 394 g/mol. The van der Waals surface area contributed by atoms with E-state index in [4.69, 9.17) is 4.74 Å². The molecule has 0 saturated heterocycles. The molecule has 0 aromatic rings. The highest BCUT2D eigenvalue weighted by Gasteiger charge is 2.36. The van der Waals surface area contributed by atoms with Crippen LogP contribution < -0.4 is 17.0 Å². The van der Waals surface area contributed by atoms with Crippen LogP contribution in [0.5, 0.6) is 0 Å². The second-order valence-corrected chi connectivity index (χ2v) is 8.13. The van der Waals surface area contributed by atoms with E-state index in [2.05, 4.69) is 27.8 Å². The van der Waals surface area contributed by atoms with E-state index >= 15 is 0 Å². The van der Waals surface area contributed by atoms with Gasteiger partial charge in [-0.1, -0.05) is 45.4 Å². The number of unbranched alkanes of at least 4 members (excludes halogenated alkanes) is 2. The Bertz CT molecular complexity index is 368. The number of esters is 1. The average molecular weight is 436 g/mol. The van der Waals surface area contributed by atoms with Crippen LogP contribution in [0.1, 0.15) is 78.6 Å². The zero-order valence-electron chi connectivity index (χ0n) is 17.5. The van der Waals surface area contributed by atoms with Gasteiger partial charge in [-0.2, -0.15) is 0 Å². The number of aliphatic hydroxyl groups is 1. The van der Waals surface area contributed by atoms with Crippen LogP contribution in [0, 0.1) is 11.8 Å². The standard InChI is InChI=1S/C21H42NO3.BrH/c1-5-8-10-15-19(23)20(18-13-11-9-12-14-18)21(24)25-17-16-22(4,6-2)7-3;/h18-20,23H,5-17H2,1-4H3;1H/q+1;/p-1. The summed E-state index contributed by atoms with van der Waals surface area (Å²) >= 11 is 0. The molecule has 1 aliphatic rings. The highest BCUT2D eigenvalue weighted by Crippen LogP contribution is 2.34. The Labute approximate surface area is 172 Å². The molecule has 0 aliphatic heterocycles. The van der Waals surface area contributed by atoms with E-state index in [0.717, 1.165) is 62.6 Å². The topological polar surface area (TPSA) is 46.5 Å². The Kier molecular flexibility index (Phi) is 13.9. The number of ether oxygens (including phenoxy) is 1. The van der Waals surface area contributed by atoms with Gasteiger partial charge in [-0.15, -0.1) is 0 Å². The van der Waals surface area contributed by atoms with Crippen molar-refractivity contribution in [2.45, 2.75) is 84.7 Å². The van der Waals surface area contributed by atoms with E-state index in [1.54, 1.807) is 0 Å². The van der Waals surface area contributed by atoms with E-state index in [9.17, 15) is 9.90 Å². The third-order valence-corrected chi connectivity index (χ3v) is 6.35. The summed E-state index contributed by atoms with van der Waals surface area (Å²) in [7, 11) is 2.20. The zero-order chi connectivity index (χ0) is 18.7. The summed E-state index contributed by atoms with van der Waals surface area (Å²) in [6, 6.07) is 0. The van der Waals surface area contributed by atoms with Crippen LogP contribution in [0.15, 0.2) is 0 Å². The number of rotatable bonds is 12.